The van der Waals surface area contributed by atoms with E-state index in [-0.39, 0.29) is 0 Å². The number of aromatic nitrogens is 2. The lowest BCUT2D eigenvalue weighted by Crippen LogP contribution is -2.17. The van der Waals surface area contributed by atoms with Crippen molar-refractivity contribution >= 4 is 15.9 Å². The van der Waals surface area contributed by atoms with Gasteiger partial charge in [-0.15, -0.1) is 0 Å². The number of halogens is 1. The molecule has 1 heterocycles. The fraction of sp³-hybridized carbons (Fsp3) is 0.308. The molecule has 0 bridgehead atoms. The summed E-state index contributed by atoms with van der Waals surface area (Å²) >= 11 is 3.44. The Morgan fingerprint density at radius 2 is 2.06 bits per heavy atom. The van der Waals surface area contributed by atoms with Gasteiger partial charge in [0.05, 0.1) is 6.20 Å². The Kier molecular flexibility index (Phi) is 3.97. The van der Waals surface area contributed by atoms with Crippen LogP contribution in [0.5, 0.6) is 0 Å². The molecule has 0 saturated carbocycles. The largest absolute Gasteiger partial charge is 0.306 e. The van der Waals surface area contributed by atoms with Crippen molar-refractivity contribution in [2.75, 3.05) is 0 Å². The summed E-state index contributed by atoms with van der Waals surface area (Å²) < 4.78 is 2.93. The van der Waals surface area contributed by atoms with Gasteiger partial charge in [-0.05, 0) is 24.6 Å². The second-order valence-electron chi connectivity index (χ2n) is 4.18. The molecule has 0 radical (unpaired) electrons. The van der Waals surface area contributed by atoms with Gasteiger partial charge in [-0.2, -0.15) is 5.10 Å². The Morgan fingerprint density at radius 1 is 1.35 bits per heavy atom. The van der Waals surface area contributed by atoms with E-state index in [9.17, 15) is 0 Å². The van der Waals surface area contributed by atoms with Gasteiger partial charge in [0.1, 0.15) is 0 Å². The number of nitrogens with zero attached hydrogens (tertiary/aromatic N) is 2. The molecule has 0 aliphatic carbocycles. The Morgan fingerprint density at radius 3 is 2.65 bits per heavy atom. The summed E-state index contributed by atoms with van der Waals surface area (Å²) in [5.74, 6) is 0. The molecular weight excluding hydrogens is 278 g/mol. The molecule has 2 aromatic rings. The molecule has 0 spiro atoms. The molecule has 2 rings (SSSR count). The molecule has 0 unspecified atom stereocenters. The van der Waals surface area contributed by atoms with Crippen LogP contribution in [0.4, 0.5) is 0 Å². The van der Waals surface area contributed by atoms with Gasteiger partial charge in [0.2, 0.25) is 0 Å². The van der Waals surface area contributed by atoms with Crippen LogP contribution in [0.1, 0.15) is 24.1 Å². The molecule has 0 amide bonds. The van der Waals surface area contributed by atoms with Gasteiger partial charge in [0.15, 0.2) is 0 Å². The minimum Gasteiger partial charge on any atom is -0.306 e. The zero-order chi connectivity index (χ0) is 12.3. The van der Waals surface area contributed by atoms with Gasteiger partial charge in [-0.3, -0.25) is 4.68 Å². The van der Waals surface area contributed by atoms with Crippen LogP contribution in [0.25, 0.3) is 0 Å². The fourth-order valence-electron chi connectivity index (χ4n) is 1.70. The van der Waals surface area contributed by atoms with Crippen molar-refractivity contribution in [3.05, 3.63) is 52.3 Å². The average Bonchev–Trinajstić information content (AvgIpc) is 2.73. The molecule has 0 saturated heterocycles. The SMILES string of the molecule is C[C@H](NCc1cnn(C)c1)c1ccc(Br)cc1. The maximum atomic E-state index is 4.15. The lowest BCUT2D eigenvalue weighted by Gasteiger charge is -2.13. The number of benzene rings is 1. The number of hydrogen-bond acceptors (Lipinski definition) is 2. The minimum atomic E-state index is 0.336. The lowest BCUT2D eigenvalue weighted by molar-refractivity contribution is 0.574. The van der Waals surface area contributed by atoms with Crippen LogP contribution in [0.3, 0.4) is 0 Å². The van der Waals surface area contributed by atoms with Crippen molar-refractivity contribution in [3.8, 4) is 0 Å². The molecule has 1 atom stereocenters. The van der Waals surface area contributed by atoms with E-state index in [1.54, 1.807) is 0 Å². The topological polar surface area (TPSA) is 29.9 Å². The van der Waals surface area contributed by atoms with Crippen molar-refractivity contribution in [3.63, 3.8) is 0 Å². The van der Waals surface area contributed by atoms with E-state index in [1.165, 1.54) is 11.1 Å². The van der Waals surface area contributed by atoms with Crippen LogP contribution < -0.4 is 5.32 Å². The number of hydrogen-bond donors (Lipinski definition) is 1. The first kappa shape index (κ1) is 12.3. The first-order valence-electron chi connectivity index (χ1n) is 5.61. The molecule has 3 nitrogen and oxygen atoms in total. The van der Waals surface area contributed by atoms with E-state index in [4.69, 9.17) is 0 Å². The molecule has 90 valence electrons. The predicted molar refractivity (Wildman–Crippen MR) is 72.6 cm³/mol. The monoisotopic (exact) mass is 293 g/mol. The summed E-state index contributed by atoms with van der Waals surface area (Å²) in [5, 5.41) is 7.63. The van der Waals surface area contributed by atoms with E-state index in [0.717, 1.165) is 11.0 Å². The molecule has 0 aliphatic rings. The molecule has 4 heteroatoms. The van der Waals surface area contributed by atoms with Crippen LogP contribution in [-0.4, -0.2) is 9.78 Å². The maximum absolute atomic E-state index is 4.15. The summed E-state index contributed by atoms with van der Waals surface area (Å²) in [6, 6.07) is 8.73. The normalized spacial score (nSPS) is 12.6. The van der Waals surface area contributed by atoms with Gasteiger partial charge in [0, 0.05) is 35.9 Å². The molecule has 1 N–H and O–H groups in total. The van der Waals surface area contributed by atoms with Gasteiger partial charge in [-0.1, -0.05) is 28.1 Å². The first-order valence-corrected chi connectivity index (χ1v) is 6.41. The Labute approximate surface area is 110 Å². The van der Waals surface area contributed by atoms with Crippen molar-refractivity contribution in [1.29, 1.82) is 0 Å². The second-order valence-corrected chi connectivity index (χ2v) is 5.09. The standard InChI is InChI=1S/C13H16BrN3/c1-10(12-3-5-13(14)6-4-12)15-7-11-8-16-17(2)9-11/h3-6,8-10,15H,7H2,1-2H3/t10-/m0/s1. The van der Waals surface area contributed by atoms with E-state index in [2.05, 4.69) is 57.5 Å². The molecule has 1 aromatic heterocycles. The van der Waals surface area contributed by atoms with Crippen molar-refractivity contribution < 1.29 is 0 Å². The molecule has 0 fully saturated rings. The van der Waals surface area contributed by atoms with Gasteiger partial charge >= 0.3 is 0 Å². The highest BCUT2D eigenvalue weighted by Gasteiger charge is 2.05. The third-order valence-corrected chi connectivity index (χ3v) is 3.27. The van der Waals surface area contributed by atoms with Crippen LogP contribution in [0, 0.1) is 0 Å². The highest BCUT2D eigenvalue weighted by Crippen LogP contribution is 2.16. The van der Waals surface area contributed by atoms with Gasteiger partial charge in [-0.25, -0.2) is 0 Å². The van der Waals surface area contributed by atoms with Gasteiger partial charge in [0.25, 0.3) is 0 Å². The fourth-order valence-corrected chi connectivity index (χ4v) is 1.97. The van der Waals surface area contributed by atoms with Crippen molar-refractivity contribution in [2.24, 2.45) is 7.05 Å². The highest BCUT2D eigenvalue weighted by molar-refractivity contribution is 9.10. The van der Waals surface area contributed by atoms with Gasteiger partial charge < -0.3 is 5.32 Å². The Bertz CT molecular complexity index is 476. The smallest absolute Gasteiger partial charge is 0.0534 e. The zero-order valence-corrected chi connectivity index (χ0v) is 11.6. The summed E-state index contributed by atoms with van der Waals surface area (Å²) in [4.78, 5) is 0. The average molecular weight is 294 g/mol. The number of aryl methyl sites for hydroxylation is 1. The summed E-state index contributed by atoms with van der Waals surface area (Å²) in [7, 11) is 1.93. The molecule has 1 aromatic carbocycles. The first-order chi connectivity index (χ1) is 8.15. The third kappa shape index (κ3) is 3.41. The molecule has 17 heavy (non-hydrogen) atoms. The number of nitrogens with one attached hydrogen (secondary N) is 1. The molecule has 0 aliphatic heterocycles. The summed E-state index contributed by atoms with van der Waals surface area (Å²) in [6.45, 7) is 3.00. The van der Waals surface area contributed by atoms with Crippen LogP contribution in [-0.2, 0) is 13.6 Å². The maximum Gasteiger partial charge on any atom is 0.0534 e. The van der Waals surface area contributed by atoms with E-state index in [0.29, 0.717) is 6.04 Å². The van der Waals surface area contributed by atoms with Crippen LogP contribution >= 0.6 is 15.9 Å². The number of rotatable bonds is 4. The van der Waals surface area contributed by atoms with E-state index >= 15 is 0 Å². The summed E-state index contributed by atoms with van der Waals surface area (Å²) in [5.41, 5.74) is 2.49. The van der Waals surface area contributed by atoms with Crippen molar-refractivity contribution in [2.45, 2.75) is 19.5 Å². The predicted octanol–water partition coefficient (Wildman–Crippen LogP) is 3.03. The van der Waals surface area contributed by atoms with E-state index < -0.39 is 0 Å². The Hall–Kier alpha value is -1.13. The Balaban J connectivity index is 1.93. The molecular formula is C13H16BrN3. The minimum absolute atomic E-state index is 0.336. The second kappa shape index (κ2) is 5.47. The van der Waals surface area contributed by atoms with E-state index in [1.807, 2.05) is 24.1 Å². The lowest BCUT2D eigenvalue weighted by atomic mass is 10.1. The van der Waals surface area contributed by atoms with Crippen molar-refractivity contribution in [1.82, 2.24) is 15.1 Å². The quantitative estimate of drug-likeness (QED) is 0.939. The van der Waals surface area contributed by atoms with Crippen LogP contribution in [0.2, 0.25) is 0 Å². The van der Waals surface area contributed by atoms with Crippen LogP contribution in [0.15, 0.2) is 41.1 Å². The zero-order valence-electron chi connectivity index (χ0n) is 10.0. The summed E-state index contributed by atoms with van der Waals surface area (Å²) in [6.07, 6.45) is 3.92. The third-order valence-electron chi connectivity index (χ3n) is 2.74. The highest BCUT2D eigenvalue weighted by atomic mass is 79.9.